The molecule has 0 aliphatic heterocycles. The van der Waals surface area contributed by atoms with E-state index in [2.05, 4.69) is 98.5 Å². The number of hydrogen-bond donors (Lipinski definition) is 0. The molecule has 0 heterocycles. The van der Waals surface area contributed by atoms with Crippen LogP contribution >= 0.6 is 7.26 Å². The SMILES string of the molecule is CCCCCc1ccccc1[PH](C)(c1ccccc1)c1ccccc1. The molecular formula is C24H29P. The Morgan fingerprint density at radius 3 is 1.72 bits per heavy atom. The quantitative estimate of drug-likeness (QED) is 0.413. The summed E-state index contributed by atoms with van der Waals surface area (Å²) in [5.74, 6) is 0. The topological polar surface area (TPSA) is 0 Å². The van der Waals surface area contributed by atoms with Gasteiger partial charge in [0.1, 0.15) is 0 Å². The number of rotatable bonds is 7. The summed E-state index contributed by atoms with van der Waals surface area (Å²) in [7, 11) is -1.98. The van der Waals surface area contributed by atoms with Crippen molar-refractivity contribution in [3.8, 4) is 0 Å². The second-order valence-electron chi connectivity index (χ2n) is 6.97. The average Bonchev–Trinajstić information content (AvgIpc) is 2.69. The molecule has 0 atom stereocenters. The van der Waals surface area contributed by atoms with Crippen molar-refractivity contribution in [3.05, 3.63) is 90.5 Å². The Morgan fingerprint density at radius 1 is 0.640 bits per heavy atom. The van der Waals surface area contributed by atoms with Gasteiger partial charge in [0, 0.05) is 0 Å². The van der Waals surface area contributed by atoms with Gasteiger partial charge in [0.15, 0.2) is 0 Å². The number of aryl methyl sites for hydroxylation is 1. The summed E-state index contributed by atoms with van der Waals surface area (Å²) in [6.07, 6.45) is 5.05. The minimum atomic E-state index is -1.98. The van der Waals surface area contributed by atoms with E-state index in [1.54, 1.807) is 5.30 Å². The van der Waals surface area contributed by atoms with Gasteiger partial charge in [-0.1, -0.05) is 0 Å². The zero-order valence-electron chi connectivity index (χ0n) is 15.4. The monoisotopic (exact) mass is 348 g/mol. The van der Waals surface area contributed by atoms with Crippen LogP contribution in [0, 0.1) is 0 Å². The van der Waals surface area contributed by atoms with Crippen LogP contribution in [0.4, 0.5) is 0 Å². The summed E-state index contributed by atoms with van der Waals surface area (Å²) in [6, 6.07) is 31.4. The van der Waals surface area contributed by atoms with E-state index >= 15 is 0 Å². The third kappa shape index (κ3) is 3.86. The number of unbranched alkanes of at least 4 members (excludes halogenated alkanes) is 2. The van der Waals surface area contributed by atoms with E-state index in [1.807, 2.05) is 0 Å². The standard InChI is InChI=1S/C24H29P/c1-3-4-7-14-21-15-12-13-20-24(21)25(2,22-16-8-5-9-17-22)23-18-10-6-11-19-23/h5-6,8-13,15-20,25H,3-4,7,14H2,1-2H3. The van der Waals surface area contributed by atoms with Crippen molar-refractivity contribution in [2.24, 2.45) is 0 Å². The third-order valence-electron chi connectivity index (χ3n) is 5.31. The molecule has 0 spiro atoms. The molecule has 0 nitrogen and oxygen atoms in total. The Hall–Kier alpha value is -1.91. The zero-order chi connectivity index (χ0) is 17.5. The predicted octanol–water partition coefficient (Wildman–Crippen LogP) is 5.08. The van der Waals surface area contributed by atoms with Gasteiger partial charge in [-0.15, -0.1) is 0 Å². The van der Waals surface area contributed by atoms with Crippen LogP contribution in [0.15, 0.2) is 84.9 Å². The van der Waals surface area contributed by atoms with E-state index in [0.717, 1.165) is 0 Å². The van der Waals surface area contributed by atoms with Crippen LogP contribution in [0.3, 0.4) is 0 Å². The van der Waals surface area contributed by atoms with Gasteiger partial charge in [0.25, 0.3) is 0 Å². The first-order chi connectivity index (χ1) is 12.3. The minimum absolute atomic E-state index is 1.19. The van der Waals surface area contributed by atoms with Crippen molar-refractivity contribution in [2.45, 2.75) is 32.6 Å². The van der Waals surface area contributed by atoms with Gasteiger partial charge in [-0.25, -0.2) is 0 Å². The Labute approximate surface area is 153 Å². The number of hydrogen-bond acceptors (Lipinski definition) is 0. The molecule has 0 fully saturated rings. The molecule has 0 radical (unpaired) electrons. The average molecular weight is 348 g/mol. The zero-order valence-corrected chi connectivity index (χ0v) is 16.4. The van der Waals surface area contributed by atoms with Gasteiger partial charge >= 0.3 is 153 Å². The van der Waals surface area contributed by atoms with Crippen LogP contribution in [-0.2, 0) is 6.42 Å². The van der Waals surface area contributed by atoms with Gasteiger partial charge < -0.3 is 0 Å². The summed E-state index contributed by atoms with van der Waals surface area (Å²) in [4.78, 5) is 0. The Kier molecular flexibility index (Phi) is 6.05. The molecule has 0 bridgehead atoms. The molecule has 0 saturated heterocycles. The second kappa shape index (κ2) is 8.45. The third-order valence-corrected chi connectivity index (χ3v) is 9.85. The second-order valence-corrected chi connectivity index (χ2v) is 10.9. The van der Waals surface area contributed by atoms with Crippen LogP contribution in [-0.4, -0.2) is 6.66 Å². The molecule has 0 aromatic heterocycles. The van der Waals surface area contributed by atoms with Crippen molar-refractivity contribution in [2.75, 3.05) is 6.66 Å². The van der Waals surface area contributed by atoms with Crippen molar-refractivity contribution >= 4 is 23.2 Å². The van der Waals surface area contributed by atoms with E-state index < -0.39 is 7.26 Å². The van der Waals surface area contributed by atoms with E-state index in [0.29, 0.717) is 0 Å². The molecule has 0 N–H and O–H groups in total. The van der Waals surface area contributed by atoms with Crippen LogP contribution in [0.2, 0.25) is 0 Å². The van der Waals surface area contributed by atoms with Gasteiger partial charge in [-0.05, 0) is 0 Å². The van der Waals surface area contributed by atoms with Crippen molar-refractivity contribution < 1.29 is 0 Å². The molecule has 130 valence electrons. The Balaban J connectivity index is 2.14. The molecule has 25 heavy (non-hydrogen) atoms. The van der Waals surface area contributed by atoms with E-state index in [1.165, 1.54) is 41.9 Å². The first-order valence-corrected chi connectivity index (χ1v) is 12.0. The summed E-state index contributed by atoms with van der Waals surface area (Å²) in [5.41, 5.74) is 1.54. The van der Waals surface area contributed by atoms with Crippen molar-refractivity contribution in [3.63, 3.8) is 0 Å². The van der Waals surface area contributed by atoms with Gasteiger partial charge in [0.05, 0.1) is 0 Å². The molecule has 0 saturated carbocycles. The predicted molar refractivity (Wildman–Crippen MR) is 116 cm³/mol. The van der Waals surface area contributed by atoms with Crippen LogP contribution in [0.25, 0.3) is 0 Å². The van der Waals surface area contributed by atoms with Crippen LogP contribution in [0.1, 0.15) is 31.7 Å². The molecule has 3 aromatic rings. The summed E-state index contributed by atoms with van der Waals surface area (Å²) in [5, 5.41) is 4.55. The summed E-state index contributed by atoms with van der Waals surface area (Å²) in [6.45, 7) is 4.79. The Morgan fingerprint density at radius 2 is 1.16 bits per heavy atom. The maximum absolute atomic E-state index is 2.51. The first kappa shape index (κ1) is 17.9. The first-order valence-electron chi connectivity index (χ1n) is 9.46. The van der Waals surface area contributed by atoms with Crippen molar-refractivity contribution in [1.82, 2.24) is 0 Å². The summed E-state index contributed by atoms with van der Waals surface area (Å²) < 4.78 is 0. The van der Waals surface area contributed by atoms with E-state index in [9.17, 15) is 0 Å². The van der Waals surface area contributed by atoms with Gasteiger partial charge in [-0.3, -0.25) is 0 Å². The van der Waals surface area contributed by atoms with Crippen molar-refractivity contribution in [1.29, 1.82) is 0 Å². The molecule has 0 unspecified atom stereocenters. The molecule has 3 aromatic carbocycles. The molecule has 1 heteroatoms. The Bertz CT molecular complexity index is 738. The fraction of sp³-hybridized carbons (Fsp3) is 0.250. The fourth-order valence-electron chi connectivity index (χ4n) is 3.81. The summed E-state index contributed by atoms with van der Waals surface area (Å²) >= 11 is 0. The van der Waals surface area contributed by atoms with Crippen LogP contribution in [0.5, 0.6) is 0 Å². The van der Waals surface area contributed by atoms with E-state index in [4.69, 9.17) is 0 Å². The molecule has 0 aliphatic carbocycles. The van der Waals surface area contributed by atoms with Gasteiger partial charge in [0.2, 0.25) is 0 Å². The van der Waals surface area contributed by atoms with Gasteiger partial charge in [-0.2, -0.15) is 0 Å². The fourth-order valence-corrected chi connectivity index (χ4v) is 7.77. The molecule has 3 rings (SSSR count). The van der Waals surface area contributed by atoms with E-state index in [-0.39, 0.29) is 0 Å². The number of benzene rings is 3. The van der Waals surface area contributed by atoms with Crippen LogP contribution < -0.4 is 15.9 Å². The molecular weight excluding hydrogens is 319 g/mol. The maximum atomic E-state index is 2.51. The molecule has 0 aliphatic rings. The molecule has 0 amide bonds. The normalized spacial score (nSPS) is 12.1.